The van der Waals surface area contributed by atoms with Gasteiger partial charge in [0.05, 0.1) is 11.4 Å². The Labute approximate surface area is 169 Å². The second kappa shape index (κ2) is 8.17. The van der Waals surface area contributed by atoms with E-state index in [2.05, 4.69) is 35.3 Å². The lowest BCUT2D eigenvalue weighted by molar-refractivity contribution is 0.0734. The van der Waals surface area contributed by atoms with Crippen LogP contribution in [0.25, 0.3) is 12.2 Å². The lowest BCUT2D eigenvalue weighted by atomic mass is 10.1. The van der Waals surface area contributed by atoms with E-state index in [1.54, 1.807) is 11.3 Å². The summed E-state index contributed by atoms with van der Waals surface area (Å²) in [4.78, 5) is 18.8. The number of carbonyl (C=O) groups excluding carboxylic acids is 1. The zero-order valence-electron chi connectivity index (χ0n) is 16.2. The Balaban J connectivity index is 1.43. The minimum Gasteiger partial charge on any atom is -0.464 e. The van der Waals surface area contributed by atoms with Gasteiger partial charge in [-0.25, -0.2) is 0 Å². The van der Waals surface area contributed by atoms with Crippen LogP contribution in [0.5, 0.6) is 0 Å². The Morgan fingerprint density at radius 2 is 2.00 bits per heavy atom. The van der Waals surface area contributed by atoms with Crippen LogP contribution in [-0.4, -0.2) is 36.3 Å². The summed E-state index contributed by atoms with van der Waals surface area (Å²) in [5.41, 5.74) is 2.29. The van der Waals surface area contributed by atoms with Gasteiger partial charge in [0, 0.05) is 30.0 Å². The number of rotatable bonds is 5. The molecule has 2 aromatic heterocycles. The zero-order valence-corrected chi connectivity index (χ0v) is 17.0. The molecule has 4 nitrogen and oxygen atoms in total. The predicted molar refractivity (Wildman–Crippen MR) is 114 cm³/mol. The van der Waals surface area contributed by atoms with Crippen molar-refractivity contribution >= 4 is 29.4 Å². The summed E-state index contributed by atoms with van der Waals surface area (Å²) in [6.07, 6.45) is 4.92. The van der Waals surface area contributed by atoms with Gasteiger partial charge < -0.3 is 14.2 Å². The van der Waals surface area contributed by atoms with E-state index in [0.29, 0.717) is 13.1 Å². The van der Waals surface area contributed by atoms with Crippen LogP contribution in [0.1, 0.15) is 37.2 Å². The molecule has 0 saturated heterocycles. The molecule has 144 valence electrons. The van der Waals surface area contributed by atoms with Crippen molar-refractivity contribution in [2.75, 3.05) is 20.6 Å². The highest BCUT2D eigenvalue weighted by Crippen LogP contribution is 2.27. The number of furan rings is 1. The summed E-state index contributed by atoms with van der Waals surface area (Å²) in [5.74, 6) is 2.10. The lowest BCUT2D eigenvalue weighted by Crippen LogP contribution is -2.35. The van der Waals surface area contributed by atoms with E-state index in [9.17, 15) is 4.79 Å². The van der Waals surface area contributed by atoms with Crippen molar-refractivity contribution in [3.8, 4) is 0 Å². The van der Waals surface area contributed by atoms with E-state index in [4.69, 9.17) is 4.42 Å². The number of thiophene rings is 1. The standard InChI is InChI=1S/C23H24N2O2S/c1-24(2)16-19-14-18-15-25(13-12-21(18)27-19)23(26)22-11-10-20(28-22)9-8-17-6-4-3-5-7-17/h3-11,14H,12-13,15-16H2,1-2H3. The molecule has 3 aromatic rings. The molecule has 1 amide bonds. The molecule has 5 heteroatoms. The Bertz CT molecular complexity index is 985. The molecular weight excluding hydrogens is 368 g/mol. The van der Waals surface area contributed by atoms with Crippen LogP contribution in [0.4, 0.5) is 0 Å². The fourth-order valence-electron chi connectivity index (χ4n) is 3.41. The van der Waals surface area contributed by atoms with Crippen LogP contribution in [0, 0.1) is 0 Å². The van der Waals surface area contributed by atoms with Gasteiger partial charge in [0.15, 0.2) is 0 Å². The van der Waals surface area contributed by atoms with Crippen molar-refractivity contribution in [3.05, 3.63) is 80.9 Å². The first-order valence-electron chi connectivity index (χ1n) is 9.46. The molecule has 4 rings (SSSR count). The Kier molecular flexibility index (Phi) is 5.46. The number of carbonyl (C=O) groups is 1. The summed E-state index contributed by atoms with van der Waals surface area (Å²) >= 11 is 1.54. The molecule has 0 aliphatic carbocycles. The molecule has 1 aliphatic heterocycles. The van der Waals surface area contributed by atoms with Crippen molar-refractivity contribution in [2.24, 2.45) is 0 Å². The van der Waals surface area contributed by atoms with E-state index in [1.807, 2.05) is 49.3 Å². The number of benzene rings is 1. The van der Waals surface area contributed by atoms with Gasteiger partial charge in [0.1, 0.15) is 11.5 Å². The first kappa shape index (κ1) is 18.7. The lowest BCUT2D eigenvalue weighted by Gasteiger charge is -2.25. The molecule has 0 bridgehead atoms. The van der Waals surface area contributed by atoms with E-state index in [0.717, 1.165) is 45.4 Å². The molecule has 3 heterocycles. The molecule has 0 fully saturated rings. The third kappa shape index (κ3) is 4.26. The van der Waals surface area contributed by atoms with Crippen LogP contribution < -0.4 is 0 Å². The third-order valence-electron chi connectivity index (χ3n) is 4.75. The second-order valence-electron chi connectivity index (χ2n) is 7.32. The average molecular weight is 393 g/mol. The molecule has 0 radical (unpaired) electrons. The van der Waals surface area contributed by atoms with Crippen LogP contribution in [0.2, 0.25) is 0 Å². The third-order valence-corrected chi connectivity index (χ3v) is 5.79. The second-order valence-corrected chi connectivity index (χ2v) is 8.44. The smallest absolute Gasteiger partial charge is 0.264 e. The first-order valence-corrected chi connectivity index (χ1v) is 10.3. The van der Waals surface area contributed by atoms with E-state index in [1.165, 1.54) is 0 Å². The highest BCUT2D eigenvalue weighted by Gasteiger charge is 2.25. The molecule has 1 aromatic carbocycles. The fourth-order valence-corrected chi connectivity index (χ4v) is 4.29. The van der Waals surface area contributed by atoms with Gasteiger partial charge in [-0.05, 0) is 43.9 Å². The Morgan fingerprint density at radius 1 is 1.18 bits per heavy atom. The summed E-state index contributed by atoms with van der Waals surface area (Å²) in [6, 6.07) is 16.2. The predicted octanol–water partition coefficient (Wildman–Crippen LogP) is 4.77. The Hall–Kier alpha value is -2.63. The maximum Gasteiger partial charge on any atom is 0.264 e. The van der Waals surface area contributed by atoms with Crippen molar-refractivity contribution < 1.29 is 9.21 Å². The normalized spacial score (nSPS) is 14.0. The summed E-state index contributed by atoms with van der Waals surface area (Å²) in [6.45, 7) is 2.11. The van der Waals surface area contributed by atoms with Gasteiger partial charge >= 0.3 is 0 Å². The first-order chi connectivity index (χ1) is 13.6. The van der Waals surface area contributed by atoms with Gasteiger partial charge in [-0.2, -0.15) is 0 Å². The molecule has 1 aliphatic rings. The van der Waals surface area contributed by atoms with Gasteiger partial charge in [-0.3, -0.25) is 4.79 Å². The topological polar surface area (TPSA) is 36.7 Å². The monoisotopic (exact) mass is 392 g/mol. The SMILES string of the molecule is CN(C)Cc1cc2c(o1)CCN(C(=O)c1ccc(C=Cc3ccccc3)s1)C2. The van der Waals surface area contributed by atoms with Gasteiger partial charge in [0.2, 0.25) is 0 Å². The van der Waals surface area contributed by atoms with Crippen LogP contribution >= 0.6 is 11.3 Å². The van der Waals surface area contributed by atoms with Crippen LogP contribution in [0.15, 0.2) is 52.9 Å². The number of hydrogen-bond acceptors (Lipinski definition) is 4. The van der Waals surface area contributed by atoms with Gasteiger partial charge in [-0.1, -0.05) is 36.4 Å². The highest BCUT2D eigenvalue weighted by molar-refractivity contribution is 7.14. The zero-order chi connectivity index (χ0) is 19.5. The van der Waals surface area contributed by atoms with Gasteiger partial charge in [0.25, 0.3) is 5.91 Å². The molecule has 0 saturated carbocycles. The van der Waals surface area contributed by atoms with Gasteiger partial charge in [-0.15, -0.1) is 11.3 Å². The molecular formula is C23H24N2O2S. The molecule has 0 N–H and O–H groups in total. The largest absolute Gasteiger partial charge is 0.464 e. The van der Waals surface area contributed by atoms with E-state index >= 15 is 0 Å². The number of nitrogens with zero attached hydrogens (tertiary/aromatic N) is 2. The fraction of sp³-hybridized carbons (Fsp3) is 0.261. The average Bonchev–Trinajstić information content (AvgIpc) is 3.32. The van der Waals surface area contributed by atoms with Crippen LogP contribution in [-0.2, 0) is 19.5 Å². The minimum absolute atomic E-state index is 0.102. The summed E-state index contributed by atoms with van der Waals surface area (Å²) in [5, 5.41) is 0. The minimum atomic E-state index is 0.102. The van der Waals surface area contributed by atoms with Crippen molar-refractivity contribution in [2.45, 2.75) is 19.5 Å². The van der Waals surface area contributed by atoms with Crippen molar-refractivity contribution in [1.82, 2.24) is 9.80 Å². The maximum absolute atomic E-state index is 13.0. The highest BCUT2D eigenvalue weighted by atomic mass is 32.1. The summed E-state index contributed by atoms with van der Waals surface area (Å²) < 4.78 is 5.94. The van der Waals surface area contributed by atoms with E-state index in [-0.39, 0.29) is 5.91 Å². The van der Waals surface area contributed by atoms with E-state index < -0.39 is 0 Å². The number of fused-ring (bicyclic) bond motifs is 1. The quantitative estimate of drug-likeness (QED) is 0.627. The van der Waals surface area contributed by atoms with Crippen molar-refractivity contribution in [1.29, 1.82) is 0 Å². The van der Waals surface area contributed by atoms with Crippen molar-refractivity contribution in [3.63, 3.8) is 0 Å². The molecule has 0 unspecified atom stereocenters. The number of hydrogen-bond donors (Lipinski definition) is 0. The maximum atomic E-state index is 13.0. The molecule has 28 heavy (non-hydrogen) atoms. The number of amides is 1. The van der Waals surface area contributed by atoms with Crippen LogP contribution in [0.3, 0.4) is 0 Å². The molecule has 0 spiro atoms. The summed E-state index contributed by atoms with van der Waals surface area (Å²) in [7, 11) is 4.05. The Morgan fingerprint density at radius 3 is 2.79 bits per heavy atom. The molecule has 0 atom stereocenters.